The molecule has 0 amide bonds. The van der Waals surface area contributed by atoms with E-state index in [1.165, 1.54) is 7.11 Å². The predicted molar refractivity (Wildman–Crippen MR) is 113 cm³/mol. The van der Waals surface area contributed by atoms with Gasteiger partial charge in [0.05, 0.1) is 19.8 Å². The first-order valence-electron chi connectivity index (χ1n) is 9.68. The van der Waals surface area contributed by atoms with Gasteiger partial charge in [0.15, 0.2) is 0 Å². The molecule has 4 heteroatoms. The Kier molecular flexibility index (Phi) is 4.67. The van der Waals surface area contributed by atoms with Gasteiger partial charge in [0.2, 0.25) is 0 Å². The minimum atomic E-state index is -1.08. The summed E-state index contributed by atoms with van der Waals surface area (Å²) >= 11 is 0. The Morgan fingerprint density at radius 3 is 2.28 bits per heavy atom. The van der Waals surface area contributed by atoms with E-state index in [4.69, 9.17) is 9.47 Å². The summed E-state index contributed by atoms with van der Waals surface area (Å²) in [4.78, 5) is 11.8. The van der Waals surface area contributed by atoms with Gasteiger partial charge in [0.25, 0.3) is 0 Å². The van der Waals surface area contributed by atoms with Crippen LogP contribution in [0.2, 0.25) is 0 Å². The number of aryl methyl sites for hydroxylation is 1. The highest BCUT2D eigenvalue weighted by atomic mass is 16.5. The van der Waals surface area contributed by atoms with Gasteiger partial charge in [0, 0.05) is 5.56 Å². The molecule has 4 rings (SSSR count). The average Bonchev–Trinajstić information content (AvgIpc) is 3.01. The fourth-order valence-corrected chi connectivity index (χ4v) is 4.26. The molecule has 0 saturated carbocycles. The minimum absolute atomic E-state index is 0.375. The summed E-state index contributed by atoms with van der Waals surface area (Å²) in [6.07, 6.45) is 0.552. The summed E-state index contributed by atoms with van der Waals surface area (Å²) in [6.45, 7) is 4.03. The number of fused-ring (bicyclic) bond motifs is 3. The van der Waals surface area contributed by atoms with E-state index < -0.39 is 5.60 Å². The summed E-state index contributed by atoms with van der Waals surface area (Å²) in [5, 5.41) is 11.8. The predicted octanol–water partition coefficient (Wildman–Crippen LogP) is 5.08. The SMILES string of the molecule is CCC1(O)c2cc(C)ccc2-c2cc(OC)cc(-c3ccc(C(=O)OC)cc3)c21. The number of esters is 1. The van der Waals surface area contributed by atoms with Crippen molar-refractivity contribution in [2.45, 2.75) is 25.9 Å². The summed E-state index contributed by atoms with van der Waals surface area (Å²) in [6, 6.07) is 17.4. The number of carbonyl (C=O) groups excluding carboxylic acids is 1. The highest BCUT2D eigenvalue weighted by Crippen LogP contribution is 2.54. The van der Waals surface area contributed by atoms with Crippen molar-refractivity contribution >= 4 is 5.97 Å². The number of rotatable bonds is 4. The van der Waals surface area contributed by atoms with Crippen LogP contribution in [0.1, 0.15) is 40.4 Å². The van der Waals surface area contributed by atoms with Crippen LogP contribution in [-0.2, 0) is 10.3 Å². The Morgan fingerprint density at radius 2 is 1.66 bits per heavy atom. The minimum Gasteiger partial charge on any atom is -0.497 e. The van der Waals surface area contributed by atoms with Crippen LogP contribution in [0.15, 0.2) is 54.6 Å². The van der Waals surface area contributed by atoms with Crippen LogP contribution in [0.25, 0.3) is 22.3 Å². The first-order chi connectivity index (χ1) is 13.9. The number of hydrogen-bond acceptors (Lipinski definition) is 4. The van der Waals surface area contributed by atoms with Gasteiger partial charge in [-0.3, -0.25) is 0 Å². The number of aliphatic hydroxyl groups is 1. The quantitative estimate of drug-likeness (QED) is 0.633. The van der Waals surface area contributed by atoms with Crippen LogP contribution in [0.5, 0.6) is 5.75 Å². The lowest BCUT2D eigenvalue weighted by molar-refractivity contribution is 0.0600. The second-order valence-corrected chi connectivity index (χ2v) is 7.43. The molecule has 29 heavy (non-hydrogen) atoms. The Hall–Kier alpha value is -3.11. The topological polar surface area (TPSA) is 55.8 Å². The molecule has 0 radical (unpaired) electrons. The first kappa shape index (κ1) is 19.2. The third kappa shape index (κ3) is 2.91. The van der Waals surface area contributed by atoms with Gasteiger partial charge < -0.3 is 14.6 Å². The molecular weight excluding hydrogens is 364 g/mol. The molecule has 148 valence electrons. The van der Waals surface area contributed by atoms with E-state index in [-0.39, 0.29) is 5.97 Å². The molecule has 0 spiro atoms. The molecule has 4 nitrogen and oxygen atoms in total. The fraction of sp³-hybridized carbons (Fsp3) is 0.240. The lowest BCUT2D eigenvalue weighted by atomic mass is 9.83. The van der Waals surface area contributed by atoms with E-state index in [9.17, 15) is 9.90 Å². The second-order valence-electron chi connectivity index (χ2n) is 7.43. The van der Waals surface area contributed by atoms with E-state index in [1.807, 2.05) is 38.1 Å². The molecule has 0 saturated heterocycles. The van der Waals surface area contributed by atoms with Crippen molar-refractivity contribution < 1.29 is 19.4 Å². The van der Waals surface area contributed by atoms with Gasteiger partial charge in [-0.15, -0.1) is 0 Å². The third-order valence-corrected chi connectivity index (χ3v) is 5.80. The van der Waals surface area contributed by atoms with Crippen molar-refractivity contribution in [2.24, 2.45) is 0 Å². The lowest BCUT2D eigenvalue weighted by Gasteiger charge is -2.27. The van der Waals surface area contributed by atoms with Crippen molar-refractivity contribution in [1.29, 1.82) is 0 Å². The molecule has 1 aliphatic carbocycles. The zero-order chi connectivity index (χ0) is 20.8. The van der Waals surface area contributed by atoms with Gasteiger partial charge in [-0.25, -0.2) is 4.79 Å². The number of methoxy groups -OCH3 is 2. The van der Waals surface area contributed by atoms with Gasteiger partial charge >= 0.3 is 5.97 Å². The molecule has 0 aliphatic heterocycles. The van der Waals surface area contributed by atoms with Crippen molar-refractivity contribution in [2.75, 3.05) is 14.2 Å². The molecule has 1 atom stereocenters. The number of hydrogen-bond donors (Lipinski definition) is 1. The zero-order valence-electron chi connectivity index (χ0n) is 17.1. The monoisotopic (exact) mass is 388 g/mol. The molecular formula is C25H24O4. The Bertz CT molecular complexity index is 1100. The molecule has 3 aromatic rings. The van der Waals surface area contributed by atoms with E-state index in [0.29, 0.717) is 12.0 Å². The van der Waals surface area contributed by atoms with Crippen LogP contribution in [0.4, 0.5) is 0 Å². The van der Waals surface area contributed by atoms with Crippen LogP contribution in [-0.4, -0.2) is 25.3 Å². The second kappa shape index (κ2) is 7.05. The van der Waals surface area contributed by atoms with Crippen molar-refractivity contribution in [3.63, 3.8) is 0 Å². The molecule has 1 N–H and O–H groups in total. The fourth-order valence-electron chi connectivity index (χ4n) is 4.26. The number of benzene rings is 3. The molecule has 1 unspecified atom stereocenters. The Labute approximate surface area is 170 Å². The van der Waals surface area contributed by atoms with Crippen LogP contribution < -0.4 is 4.74 Å². The lowest BCUT2D eigenvalue weighted by Crippen LogP contribution is -2.24. The van der Waals surface area contributed by atoms with E-state index >= 15 is 0 Å². The highest BCUT2D eigenvalue weighted by Gasteiger charge is 2.42. The zero-order valence-corrected chi connectivity index (χ0v) is 17.1. The first-order valence-corrected chi connectivity index (χ1v) is 9.68. The maximum absolute atomic E-state index is 11.8. The summed E-state index contributed by atoms with van der Waals surface area (Å²) in [7, 11) is 3.01. The Morgan fingerprint density at radius 1 is 0.966 bits per heavy atom. The Balaban J connectivity index is 1.98. The highest BCUT2D eigenvalue weighted by molar-refractivity contribution is 5.92. The number of ether oxygens (including phenoxy) is 2. The van der Waals surface area contributed by atoms with Crippen molar-refractivity contribution in [1.82, 2.24) is 0 Å². The van der Waals surface area contributed by atoms with E-state index in [1.54, 1.807) is 19.2 Å². The normalized spacial score (nSPS) is 16.9. The maximum Gasteiger partial charge on any atom is 0.337 e. The molecule has 0 aromatic heterocycles. The molecule has 3 aromatic carbocycles. The summed E-state index contributed by atoms with van der Waals surface area (Å²) < 4.78 is 10.4. The standard InChI is InChI=1S/C25H24O4/c1-5-25(27)22-12-15(2)6-11-19(22)21-14-18(28-3)13-20(23(21)25)16-7-9-17(10-8-16)24(26)29-4/h6-14,27H,5H2,1-4H3. The third-order valence-electron chi connectivity index (χ3n) is 5.80. The number of carbonyl (C=O) groups is 1. The van der Waals surface area contributed by atoms with E-state index in [0.717, 1.165) is 44.7 Å². The van der Waals surface area contributed by atoms with Gasteiger partial charge in [-0.05, 0) is 65.4 Å². The largest absolute Gasteiger partial charge is 0.497 e. The average molecular weight is 388 g/mol. The molecule has 0 bridgehead atoms. The van der Waals surface area contributed by atoms with Crippen molar-refractivity contribution in [3.8, 4) is 28.0 Å². The van der Waals surface area contributed by atoms with Gasteiger partial charge in [0.1, 0.15) is 11.4 Å². The molecule has 0 heterocycles. The van der Waals surface area contributed by atoms with E-state index in [2.05, 4.69) is 18.2 Å². The van der Waals surface area contributed by atoms with Gasteiger partial charge in [-0.1, -0.05) is 42.8 Å². The maximum atomic E-state index is 11.8. The van der Waals surface area contributed by atoms with Crippen LogP contribution in [0.3, 0.4) is 0 Å². The van der Waals surface area contributed by atoms with Crippen LogP contribution >= 0.6 is 0 Å². The molecule has 0 fully saturated rings. The van der Waals surface area contributed by atoms with Crippen molar-refractivity contribution in [3.05, 3.63) is 76.9 Å². The summed E-state index contributed by atoms with van der Waals surface area (Å²) in [5.74, 6) is 0.350. The summed E-state index contributed by atoms with van der Waals surface area (Å²) in [5.41, 5.74) is 6.14. The van der Waals surface area contributed by atoms with Crippen LogP contribution in [0, 0.1) is 6.92 Å². The molecule has 1 aliphatic rings. The van der Waals surface area contributed by atoms with Gasteiger partial charge in [-0.2, -0.15) is 0 Å². The smallest absolute Gasteiger partial charge is 0.337 e.